The van der Waals surface area contributed by atoms with E-state index in [-0.39, 0.29) is 0 Å². The maximum absolute atomic E-state index is 5.98. The number of aromatic nitrogens is 3. The second kappa shape index (κ2) is 8.04. The number of hydrogen-bond acceptors (Lipinski definition) is 4. The lowest BCUT2D eigenvalue weighted by atomic mass is 10.1. The summed E-state index contributed by atoms with van der Waals surface area (Å²) in [4.78, 5) is 2.57. The van der Waals surface area contributed by atoms with Crippen LogP contribution in [0.4, 0.5) is 0 Å². The van der Waals surface area contributed by atoms with Crippen LogP contribution in [-0.4, -0.2) is 39.3 Å². The SMILES string of the molecule is CCCCc1nnc(-c2cc3ccccc3n2CCN2CCCCC2)o1. The van der Waals surface area contributed by atoms with Crippen LogP contribution in [-0.2, 0) is 13.0 Å². The zero-order chi connectivity index (χ0) is 17.8. The highest BCUT2D eigenvalue weighted by Crippen LogP contribution is 2.28. The molecule has 0 atom stereocenters. The van der Waals surface area contributed by atoms with Crippen LogP contribution in [0.25, 0.3) is 22.5 Å². The van der Waals surface area contributed by atoms with Gasteiger partial charge in [0.15, 0.2) is 0 Å². The van der Waals surface area contributed by atoms with Crippen LogP contribution >= 0.6 is 0 Å². The van der Waals surface area contributed by atoms with Crippen LogP contribution in [0.2, 0.25) is 0 Å². The lowest BCUT2D eigenvalue weighted by molar-refractivity contribution is 0.222. The molecule has 0 radical (unpaired) electrons. The van der Waals surface area contributed by atoms with E-state index in [1.165, 1.54) is 43.3 Å². The summed E-state index contributed by atoms with van der Waals surface area (Å²) >= 11 is 0. The molecule has 5 nitrogen and oxygen atoms in total. The van der Waals surface area contributed by atoms with Gasteiger partial charge in [0.05, 0.1) is 0 Å². The standard InChI is InChI=1S/C21H28N4O/c1-2-3-11-20-22-23-21(26-20)19-16-17-9-5-6-10-18(17)25(19)15-14-24-12-7-4-8-13-24/h5-6,9-10,16H,2-4,7-8,11-15H2,1H3. The second-order valence-electron chi connectivity index (χ2n) is 7.25. The summed E-state index contributed by atoms with van der Waals surface area (Å²) in [7, 11) is 0. The van der Waals surface area contributed by atoms with Gasteiger partial charge in [-0.15, -0.1) is 10.2 Å². The van der Waals surface area contributed by atoms with Gasteiger partial charge in [-0.25, -0.2) is 0 Å². The molecule has 2 aromatic heterocycles. The van der Waals surface area contributed by atoms with Gasteiger partial charge >= 0.3 is 0 Å². The molecule has 1 aliphatic heterocycles. The van der Waals surface area contributed by atoms with E-state index in [1.807, 2.05) is 0 Å². The van der Waals surface area contributed by atoms with Gasteiger partial charge in [-0.05, 0) is 44.5 Å². The van der Waals surface area contributed by atoms with Crippen molar-refractivity contribution in [3.8, 4) is 11.6 Å². The summed E-state index contributed by atoms with van der Waals surface area (Å²) in [6.07, 6.45) is 7.09. The third kappa shape index (κ3) is 3.68. The number of piperidine rings is 1. The van der Waals surface area contributed by atoms with E-state index in [0.29, 0.717) is 5.89 Å². The predicted molar refractivity (Wildman–Crippen MR) is 104 cm³/mol. The van der Waals surface area contributed by atoms with Crippen LogP contribution < -0.4 is 0 Å². The van der Waals surface area contributed by atoms with E-state index in [0.717, 1.165) is 43.9 Å². The largest absolute Gasteiger partial charge is 0.419 e. The summed E-state index contributed by atoms with van der Waals surface area (Å²) in [5.41, 5.74) is 2.28. The minimum atomic E-state index is 0.644. The Balaban J connectivity index is 1.61. The Morgan fingerprint density at radius 2 is 1.88 bits per heavy atom. The van der Waals surface area contributed by atoms with Crippen LogP contribution in [0, 0.1) is 0 Å². The summed E-state index contributed by atoms with van der Waals surface area (Å²) in [5, 5.41) is 9.82. The molecule has 0 unspecified atom stereocenters. The minimum Gasteiger partial charge on any atom is -0.419 e. The molecule has 3 aromatic rings. The first kappa shape index (κ1) is 17.3. The molecule has 0 saturated carbocycles. The number of aryl methyl sites for hydroxylation is 1. The molecule has 1 fully saturated rings. The van der Waals surface area contributed by atoms with Crippen molar-refractivity contribution in [2.45, 2.75) is 52.0 Å². The molecule has 0 spiro atoms. The predicted octanol–water partition coefficient (Wildman–Crippen LogP) is 4.52. The molecule has 138 valence electrons. The fraction of sp³-hybridized carbons (Fsp3) is 0.524. The Bertz CT molecular complexity index is 845. The molecule has 4 rings (SSSR count). The smallest absolute Gasteiger partial charge is 0.264 e. The van der Waals surface area contributed by atoms with Crippen molar-refractivity contribution in [1.82, 2.24) is 19.7 Å². The first-order valence-corrected chi connectivity index (χ1v) is 9.98. The van der Waals surface area contributed by atoms with Gasteiger partial charge in [0.25, 0.3) is 5.89 Å². The average molecular weight is 352 g/mol. The highest BCUT2D eigenvalue weighted by atomic mass is 16.4. The molecular formula is C21H28N4O. The van der Waals surface area contributed by atoms with E-state index < -0.39 is 0 Å². The molecular weight excluding hydrogens is 324 g/mol. The third-order valence-electron chi connectivity index (χ3n) is 5.33. The molecule has 1 aromatic carbocycles. The molecule has 0 bridgehead atoms. The van der Waals surface area contributed by atoms with Crippen molar-refractivity contribution in [2.75, 3.05) is 19.6 Å². The Morgan fingerprint density at radius 1 is 1.04 bits per heavy atom. The maximum atomic E-state index is 5.98. The number of unbranched alkanes of at least 4 members (excludes halogenated alkanes) is 1. The van der Waals surface area contributed by atoms with E-state index in [2.05, 4.69) is 56.9 Å². The zero-order valence-electron chi connectivity index (χ0n) is 15.7. The summed E-state index contributed by atoms with van der Waals surface area (Å²) < 4.78 is 8.33. The quantitative estimate of drug-likeness (QED) is 0.627. The van der Waals surface area contributed by atoms with E-state index in [1.54, 1.807) is 0 Å². The van der Waals surface area contributed by atoms with Gasteiger partial charge < -0.3 is 13.9 Å². The van der Waals surface area contributed by atoms with Crippen LogP contribution in [0.15, 0.2) is 34.7 Å². The molecule has 0 aliphatic carbocycles. The topological polar surface area (TPSA) is 47.1 Å². The Labute approximate surface area is 155 Å². The van der Waals surface area contributed by atoms with Crippen molar-refractivity contribution in [2.24, 2.45) is 0 Å². The maximum Gasteiger partial charge on any atom is 0.264 e. The molecule has 0 amide bonds. The van der Waals surface area contributed by atoms with Crippen molar-refractivity contribution >= 4 is 10.9 Å². The third-order valence-corrected chi connectivity index (χ3v) is 5.33. The molecule has 26 heavy (non-hydrogen) atoms. The number of hydrogen-bond donors (Lipinski definition) is 0. The van der Waals surface area contributed by atoms with E-state index >= 15 is 0 Å². The molecule has 1 saturated heterocycles. The highest BCUT2D eigenvalue weighted by molar-refractivity contribution is 5.85. The zero-order valence-corrected chi connectivity index (χ0v) is 15.7. The Hall–Kier alpha value is -2.14. The van der Waals surface area contributed by atoms with Crippen molar-refractivity contribution < 1.29 is 4.42 Å². The fourth-order valence-electron chi connectivity index (χ4n) is 3.84. The highest BCUT2D eigenvalue weighted by Gasteiger charge is 2.17. The fourth-order valence-corrected chi connectivity index (χ4v) is 3.84. The number of fused-ring (bicyclic) bond motifs is 1. The lowest BCUT2D eigenvalue weighted by Gasteiger charge is -2.26. The summed E-state index contributed by atoms with van der Waals surface area (Å²) in [5.74, 6) is 1.39. The molecule has 0 N–H and O–H groups in total. The first-order valence-electron chi connectivity index (χ1n) is 9.98. The van der Waals surface area contributed by atoms with Gasteiger partial charge in [0.2, 0.25) is 5.89 Å². The Morgan fingerprint density at radius 3 is 2.73 bits per heavy atom. The van der Waals surface area contributed by atoms with Gasteiger partial charge in [-0.2, -0.15) is 0 Å². The van der Waals surface area contributed by atoms with Gasteiger partial charge in [0.1, 0.15) is 5.69 Å². The van der Waals surface area contributed by atoms with Gasteiger partial charge in [-0.3, -0.25) is 0 Å². The van der Waals surface area contributed by atoms with Gasteiger partial charge in [0, 0.05) is 30.4 Å². The minimum absolute atomic E-state index is 0.644. The summed E-state index contributed by atoms with van der Waals surface area (Å²) in [6, 6.07) is 10.7. The number of likely N-dealkylation sites (tertiary alicyclic amines) is 1. The van der Waals surface area contributed by atoms with Crippen LogP contribution in [0.3, 0.4) is 0 Å². The van der Waals surface area contributed by atoms with Crippen molar-refractivity contribution in [3.63, 3.8) is 0 Å². The summed E-state index contributed by atoms with van der Waals surface area (Å²) in [6.45, 7) is 6.64. The van der Waals surface area contributed by atoms with Crippen molar-refractivity contribution in [3.05, 3.63) is 36.2 Å². The molecule has 1 aliphatic rings. The first-order chi connectivity index (χ1) is 12.8. The number of rotatable bonds is 7. The van der Waals surface area contributed by atoms with E-state index in [4.69, 9.17) is 4.42 Å². The number of benzene rings is 1. The monoisotopic (exact) mass is 352 g/mol. The van der Waals surface area contributed by atoms with Crippen molar-refractivity contribution in [1.29, 1.82) is 0 Å². The number of nitrogens with zero attached hydrogens (tertiary/aromatic N) is 4. The molecule has 3 heterocycles. The lowest BCUT2D eigenvalue weighted by Crippen LogP contribution is -2.32. The van der Waals surface area contributed by atoms with Crippen LogP contribution in [0.5, 0.6) is 0 Å². The second-order valence-corrected chi connectivity index (χ2v) is 7.25. The average Bonchev–Trinajstić information content (AvgIpc) is 3.30. The van der Waals surface area contributed by atoms with E-state index in [9.17, 15) is 0 Å². The number of para-hydroxylation sites is 1. The normalized spacial score (nSPS) is 15.7. The molecule has 5 heteroatoms. The van der Waals surface area contributed by atoms with Gasteiger partial charge in [-0.1, -0.05) is 38.0 Å². The Kier molecular flexibility index (Phi) is 5.34. The van der Waals surface area contributed by atoms with Crippen LogP contribution in [0.1, 0.15) is 44.9 Å².